The number of hydrogen-bond acceptors (Lipinski definition) is 5. The number of amides is 3. The third-order valence-corrected chi connectivity index (χ3v) is 7.31. The molecule has 3 amide bonds. The Hall–Kier alpha value is -3.04. The summed E-state index contributed by atoms with van der Waals surface area (Å²) in [7, 11) is 0. The van der Waals surface area contributed by atoms with E-state index in [4.69, 9.17) is 9.47 Å². The lowest BCUT2D eigenvalue weighted by Crippen LogP contribution is -2.45. The minimum atomic E-state index is -0.262. The van der Waals surface area contributed by atoms with Crippen molar-refractivity contribution in [1.82, 2.24) is 9.80 Å². The van der Waals surface area contributed by atoms with E-state index in [0.29, 0.717) is 30.3 Å². The third kappa shape index (κ3) is 5.37. The van der Waals surface area contributed by atoms with Crippen LogP contribution in [0.2, 0.25) is 0 Å². The Labute approximate surface area is 210 Å². The molecule has 2 heterocycles. The minimum absolute atomic E-state index is 0.0247. The number of nitrogens with zero attached hydrogens (tertiary/aromatic N) is 2. The summed E-state index contributed by atoms with van der Waals surface area (Å²) in [6.07, 6.45) is 1.81. The summed E-state index contributed by atoms with van der Waals surface area (Å²) >= 11 is 5.08. The van der Waals surface area contributed by atoms with Crippen LogP contribution in [0.4, 0.5) is 10.5 Å². The number of anilines is 1. The van der Waals surface area contributed by atoms with Crippen LogP contribution >= 0.6 is 27.3 Å². The zero-order chi connectivity index (χ0) is 23.5. The maximum Gasteiger partial charge on any atom is 0.322 e. The topological polar surface area (TPSA) is 71.1 Å². The van der Waals surface area contributed by atoms with Crippen molar-refractivity contribution >= 4 is 44.9 Å². The number of carbonyl (C=O) groups excluding carboxylic acids is 2. The summed E-state index contributed by atoms with van der Waals surface area (Å²) < 4.78 is 11.7. The molecule has 1 saturated carbocycles. The molecule has 2 aliphatic rings. The van der Waals surface area contributed by atoms with Gasteiger partial charge in [-0.2, -0.15) is 0 Å². The molecular weight excluding hydrogens is 518 g/mol. The molecule has 1 aliphatic carbocycles. The van der Waals surface area contributed by atoms with Gasteiger partial charge in [-0.1, -0.05) is 24.3 Å². The fourth-order valence-electron chi connectivity index (χ4n) is 3.83. The van der Waals surface area contributed by atoms with Crippen molar-refractivity contribution in [1.29, 1.82) is 0 Å². The molecule has 176 valence electrons. The predicted molar refractivity (Wildman–Crippen MR) is 134 cm³/mol. The monoisotopic (exact) mass is 541 g/mol. The minimum Gasteiger partial charge on any atom is -0.454 e. The third-order valence-electron chi connectivity index (χ3n) is 5.76. The fourth-order valence-corrected chi connectivity index (χ4v) is 4.93. The van der Waals surface area contributed by atoms with Crippen LogP contribution in [0.25, 0.3) is 0 Å². The quantitative estimate of drug-likeness (QED) is 0.410. The van der Waals surface area contributed by atoms with E-state index < -0.39 is 0 Å². The number of hydrogen-bond donors (Lipinski definition) is 1. The van der Waals surface area contributed by atoms with Crippen molar-refractivity contribution in [3.8, 4) is 11.5 Å². The predicted octanol–water partition coefficient (Wildman–Crippen LogP) is 5.46. The van der Waals surface area contributed by atoms with Gasteiger partial charge in [0.25, 0.3) is 0 Å². The molecule has 0 radical (unpaired) electrons. The molecule has 7 nitrogen and oxygen atoms in total. The average molecular weight is 542 g/mol. The van der Waals surface area contributed by atoms with Crippen molar-refractivity contribution in [2.75, 3.05) is 18.7 Å². The van der Waals surface area contributed by atoms with E-state index in [1.807, 2.05) is 60.0 Å². The highest BCUT2D eigenvalue weighted by atomic mass is 79.9. The summed E-state index contributed by atoms with van der Waals surface area (Å²) in [4.78, 5) is 31.2. The highest BCUT2D eigenvalue weighted by Gasteiger charge is 2.35. The van der Waals surface area contributed by atoms with Crippen LogP contribution in [0.15, 0.2) is 64.5 Å². The molecule has 34 heavy (non-hydrogen) atoms. The van der Waals surface area contributed by atoms with Gasteiger partial charge in [0, 0.05) is 21.9 Å². The lowest BCUT2D eigenvalue weighted by molar-refractivity contribution is -0.133. The summed E-state index contributed by atoms with van der Waals surface area (Å²) in [5, 5.41) is 4.94. The number of rotatable bonds is 8. The van der Waals surface area contributed by atoms with Crippen LogP contribution in [0, 0.1) is 0 Å². The van der Waals surface area contributed by atoms with Crippen molar-refractivity contribution < 1.29 is 19.1 Å². The maximum atomic E-state index is 13.5. The number of carbonyl (C=O) groups is 2. The normalized spacial score (nSPS) is 14.0. The van der Waals surface area contributed by atoms with Crippen molar-refractivity contribution in [3.05, 3.63) is 74.9 Å². The lowest BCUT2D eigenvalue weighted by atomic mass is 10.2. The molecule has 1 aromatic heterocycles. The number of benzene rings is 2. The molecule has 0 unspecified atom stereocenters. The van der Waals surface area contributed by atoms with E-state index in [9.17, 15) is 9.59 Å². The van der Waals surface area contributed by atoms with E-state index >= 15 is 0 Å². The molecule has 1 N–H and O–H groups in total. The van der Waals surface area contributed by atoms with Gasteiger partial charge in [0.2, 0.25) is 12.7 Å². The molecule has 0 atom stereocenters. The first kappa shape index (κ1) is 22.7. The van der Waals surface area contributed by atoms with Gasteiger partial charge in [0.1, 0.15) is 6.54 Å². The van der Waals surface area contributed by atoms with Crippen LogP contribution in [0.1, 0.15) is 23.3 Å². The molecule has 1 aliphatic heterocycles. The Morgan fingerprint density at radius 3 is 2.62 bits per heavy atom. The molecule has 0 bridgehead atoms. The van der Waals surface area contributed by atoms with Crippen molar-refractivity contribution in [2.45, 2.75) is 32.0 Å². The van der Waals surface area contributed by atoms with Gasteiger partial charge in [-0.3, -0.25) is 4.79 Å². The zero-order valence-corrected chi connectivity index (χ0v) is 20.8. The van der Waals surface area contributed by atoms with Gasteiger partial charge in [0.05, 0.1) is 12.2 Å². The van der Waals surface area contributed by atoms with Crippen LogP contribution in [0.3, 0.4) is 0 Å². The van der Waals surface area contributed by atoms with E-state index in [1.165, 1.54) is 0 Å². The van der Waals surface area contributed by atoms with Crippen molar-refractivity contribution in [3.63, 3.8) is 0 Å². The molecule has 2 aromatic carbocycles. The highest BCUT2D eigenvalue weighted by molar-refractivity contribution is 9.10. The van der Waals surface area contributed by atoms with Crippen LogP contribution < -0.4 is 14.8 Å². The van der Waals surface area contributed by atoms with Crippen LogP contribution in [0.5, 0.6) is 11.5 Å². The maximum absolute atomic E-state index is 13.5. The number of fused-ring (bicyclic) bond motifs is 1. The zero-order valence-electron chi connectivity index (χ0n) is 18.4. The molecule has 1 fully saturated rings. The second kappa shape index (κ2) is 10.1. The standard InChI is InChI=1S/C25H24BrN3O4S/c26-20-5-1-2-6-21(20)27-25(31)29(18-8-9-18)15-24(30)28(14-19-4-3-11-34-19)13-17-7-10-22-23(12-17)33-16-32-22/h1-7,10-12,18H,8-9,13-16H2,(H,27,31). The molecule has 5 rings (SSSR count). The second-order valence-corrected chi connectivity index (χ2v) is 10.2. The molecule has 0 spiro atoms. The highest BCUT2D eigenvalue weighted by Crippen LogP contribution is 2.33. The summed E-state index contributed by atoms with van der Waals surface area (Å²) in [5.41, 5.74) is 1.63. The number of ether oxygens (including phenoxy) is 2. The van der Waals surface area contributed by atoms with Gasteiger partial charge in [-0.15, -0.1) is 11.3 Å². The van der Waals surface area contributed by atoms with Crippen LogP contribution in [-0.4, -0.2) is 41.1 Å². The molecule has 0 saturated heterocycles. The van der Waals surface area contributed by atoms with E-state index in [-0.39, 0.29) is 31.3 Å². The summed E-state index contributed by atoms with van der Waals surface area (Å²) in [6, 6.07) is 17.0. The van der Waals surface area contributed by atoms with E-state index in [2.05, 4.69) is 21.2 Å². The number of urea groups is 1. The van der Waals surface area contributed by atoms with E-state index in [0.717, 1.165) is 27.8 Å². The smallest absolute Gasteiger partial charge is 0.322 e. The first-order valence-electron chi connectivity index (χ1n) is 11.1. The summed E-state index contributed by atoms with van der Waals surface area (Å²) in [6.45, 7) is 1.13. The van der Waals surface area contributed by atoms with Gasteiger partial charge < -0.3 is 24.6 Å². The Kier molecular flexibility index (Phi) is 6.73. The number of thiophene rings is 1. The van der Waals surface area contributed by atoms with Crippen LogP contribution in [-0.2, 0) is 17.9 Å². The fraction of sp³-hybridized carbons (Fsp3) is 0.280. The lowest BCUT2D eigenvalue weighted by Gasteiger charge is -2.28. The second-order valence-electron chi connectivity index (χ2n) is 8.29. The number of nitrogens with one attached hydrogen (secondary N) is 1. The van der Waals surface area contributed by atoms with E-state index in [1.54, 1.807) is 21.1 Å². The Balaban J connectivity index is 1.32. The van der Waals surface area contributed by atoms with Gasteiger partial charge >= 0.3 is 6.03 Å². The first-order chi connectivity index (χ1) is 16.6. The Morgan fingerprint density at radius 2 is 1.85 bits per heavy atom. The molecule has 3 aromatic rings. The molecule has 9 heteroatoms. The Morgan fingerprint density at radius 1 is 1.03 bits per heavy atom. The largest absolute Gasteiger partial charge is 0.454 e. The first-order valence-corrected chi connectivity index (χ1v) is 12.7. The van der Waals surface area contributed by atoms with Crippen molar-refractivity contribution in [2.24, 2.45) is 0 Å². The number of para-hydroxylation sites is 1. The van der Waals surface area contributed by atoms with Gasteiger partial charge in [-0.05, 0) is 70.0 Å². The summed E-state index contributed by atoms with van der Waals surface area (Å²) in [5.74, 6) is 1.30. The van der Waals surface area contributed by atoms with Gasteiger partial charge in [-0.25, -0.2) is 4.79 Å². The SMILES string of the molecule is O=C(CN(C(=O)Nc1ccccc1Br)C1CC1)N(Cc1ccc2c(c1)OCO2)Cc1cccs1. The Bertz CT molecular complexity index is 1180. The number of halogens is 1. The van der Waals surface area contributed by atoms with Gasteiger partial charge in [0.15, 0.2) is 11.5 Å². The molecular formula is C25H24BrN3O4S. The average Bonchev–Trinajstić information content (AvgIpc) is 3.33.